The molecule has 2 N–H and O–H groups in total. The molecule has 0 aromatic heterocycles. The lowest BCUT2D eigenvalue weighted by Gasteiger charge is -2.13. The highest BCUT2D eigenvalue weighted by molar-refractivity contribution is 6.33. The lowest BCUT2D eigenvalue weighted by Crippen LogP contribution is -2.10. The monoisotopic (exact) mass is 299 g/mol. The maximum Gasteiger partial charge on any atom is 0.342 e. The molecular formula is C15H22ClNO3. The van der Waals surface area contributed by atoms with Gasteiger partial charge in [-0.3, -0.25) is 0 Å². The Bertz CT molecular complexity index is 449. The van der Waals surface area contributed by atoms with Crippen LogP contribution in [0, 0.1) is 0 Å². The predicted molar refractivity (Wildman–Crippen MR) is 81.5 cm³/mol. The molecule has 0 aliphatic heterocycles. The van der Waals surface area contributed by atoms with Crippen molar-refractivity contribution in [3.8, 4) is 5.75 Å². The fraction of sp³-hybridized carbons (Fsp3) is 0.533. The maximum absolute atomic E-state index is 11.9. The summed E-state index contributed by atoms with van der Waals surface area (Å²) >= 11 is 6.11. The van der Waals surface area contributed by atoms with E-state index in [1.54, 1.807) is 13.0 Å². The van der Waals surface area contributed by atoms with Crippen molar-refractivity contribution in [2.45, 2.75) is 39.5 Å². The van der Waals surface area contributed by atoms with E-state index in [0.29, 0.717) is 29.7 Å². The van der Waals surface area contributed by atoms with Gasteiger partial charge < -0.3 is 15.2 Å². The third-order valence-electron chi connectivity index (χ3n) is 2.81. The van der Waals surface area contributed by atoms with E-state index in [1.807, 2.05) is 0 Å². The van der Waals surface area contributed by atoms with Gasteiger partial charge in [-0.05, 0) is 25.5 Å². The van der Waals surface area contributed by atoms with Gasteiger partial charge in [0, 0.05) is 5.69 Å². The first-order valence-corrected chi connectivity index (χ1v) is 7.36. The van der Waals surface area contributed by atoms with Crippen LogP contribution in [0.1, 0.15) is 49.9 Å². The number of anilines is 1. The van der Waals surface area contributed by atoms with Crippen molar-refractivity contribution in [1.29, 1.82) is 0 Å². The summed E-state index contributed by atoms with van der Waals surface area (Å²) in [5, 5.41) is 0.337. The van der Waals surface area contributed by atoms with Crippen molar-refractivity contribution < 1.29 is 14.3 Å². The van der Waals surface area contributed by atoms with Crippen LogP contribution in [0.15, 0.2) is 12.1 Å². The number of carbonyl (C=O) groups excluding carboxylic acids is 1. The van der Waals surface area contributed by atoms with Crippen molar-refractivity contribution in [2.75, 3.05) is 18.9 Å². The second-order valence-electron chi connectivity index (χ2n) is 4.51. The van der Waals surface area contributed by atoms with Crippen LogP contribution in [0.3, 0.4) is 0 Å². The van der Waals surface area contributed by atoms with Crippen LogP contribution in [0.4, 0.5) is 5.69 Å². The third kappa shape index (κ3) is 4.93. The Morgan fingerprint density at radius 3 is 2.65 bits per heavy atom. The second-order valence-corrected chi connectivity index (χ2v) is 4.92. The molecule has 112 valence electrons. The molecule has 0 spiro atoms. The van der Waals surface area contributed by atoms with Gasteiger partial charge in [0.2, 0.25) is 0 Å². The maximum atomic E-state index is 11.9. The summed E-state index contributed by atoms with van der Waals surface area (Å²) in [4.78, 5) is 11.9. The fourth-order valence-corrected chi connectivity index (χ4v) is 2.11. The molecule has 0 heterocycles. The molecule has 1 aromatic rings. The first-order valence-electron chi connectivity index (χ1n) is 6.99. The molecule has 0 aliphatic rings. The number of hydrogen-bond acceptors (Lipinski definition) is 4. The molecule has 5 heteroatoms. The molecule has 1 aromatic carbocycles. The highest BCUT2D eigenvalue weighted by Crippen LogP contribution is 2.32. The minimum Gasteiger partial charge on any atom is -0.491 e. The molecule has 0 amide bonds. The normalized spacial score (nSPS) is 10.3. The Morgan fingerprint density at radius 1 is 1.25 bits per heavy atom. The smallest absolute Gasteiger partial charge is 0.342 e. The lowest BCUT2D eigenvalue weighted by atomic mass is 10.1. The van der Waals surface area contributed by atoms with Gasteiger partial charge in [0.05, 0.1) is 18.2 Å². The van der Waals surface area contributed by atoms with Gasteiger partial charge in [-0.1, -0.05) is 37.8 Å². The van der Waals surface area contributed by atoms with Crippen molar-refractivity contribution >= 4 is 23.3 Å². The molecule has 0 radical (unpaired) electrons. The van der Waals surface area contributed by atoms with Crippen molar-refractivity contribution in [1.82, 2.24) is 0 Å². The zero-order valence-corrected chi connectivity index (χ0v) is 12.8. The van der Waals surface area contributed by atoms with Crippen molar-refractivity contribution in [3.63, 3.8) is 0 Å². The largest absolute Gasteiger partial charge is 0.491 e. The first-order chi connectivity index (χ1) is 9.60. The van der Waals surface area contributed by atoms with E-state index in [-0.39, 0.29) is 5.56 Å². The fourth-order valence-electron chi connectivity index (χ4n) is 1.82. The number of esters is 1. The topological polar surface area (TPSA) is 61.5 Å². The van der Waals surface area contributed by atoms with E-state index in [2.05, 4.69) is 6.92 Å². The summed E-state index contributed by atoms with van der Waals surface area (Å²) in [5.41, 5.74) is 6.41. The number of nitrogen functional groups attached to an aromatic ring is 1. The number of hydrogen-bond donors (Lipinski definition) is 1. The third-order valence-corrected chi connectivity index (χ3v) is 3.09. The van der Waals surface area contributed by atoms with Crippen molar-refractivity contribution in [2.24, 2.45) is 0 Å². The summed E-state index contributed by atoms with van der Waals surface area (Å²) in [6.45, 7) is 4.71. The predicted octanol–water partition coefficient (Wildman–Crippen LogP) is 4.06. The second kappa shape index (κ2) is 8.69. The first kappa shape index (κ1) is 16.6. The molecule has 0 saturated heterocycles. The van der Waals surface area contributed by atoms with Gasteiger partial charge in [-0.15, -0.1) is 0 Å². The number of halogens is 1. The quantitative estimate of drug-likeness (QED) is 0.447. The van der Waals surface area contributed by atoms with E-state index in [9.17, 15) is 4.79 Å². The van der Waals surface area contributed by atoms with Crippen LogP contribution in [0.25, 0.3) is 0 Å². The Labute approximate surface area is 125 Å². The molecule has 0 aliphatic carbocycles. The molecule has 1 rings (SSSR count). The number of nitrogens with two attached hydrogens (primary N) is 1. The molecular weight excluding hydrogens is 278 g/mol. The minimum atomic E-state index is -0.467. The van der Waals surface area contributed by atoms with E-state index in [4.69, 9.17) is 26.8 Å². The van der Waals surface area contributed by atoms with Gasteiger partial charge in [-0.25, -0.2) is 4.79 Å². The summed E-state index contributed by atoms with van der Waals surface area (Å²) < 4.78 is 10.6. The van der Waals surface area contributed by atoms with Gasteiger partial charge in [-0.2, -0.15) is 0 Å². The van der Waals surface area contributed by atoms with Crippen LogP contribution in [-0.2, 0) is 4.74 Å². The zero-order valence-electron chi connectivity index (χ0n) is 12.1. The van der Waals surface area contributed by atoms with Gasteiger partial charge in [0.1, 0.15) is 5.56 Å². The van der Waals surface area contributed by atoms with Crippen LogP contribution in [0.2, 0.25) is 5.02 Å². The average Bonchev–Trinajstić information content (AvgIpc) is 2.40. The van der Waals surface area contributed by atoms with Crippen LogP contribution < -0.4 is 10.5 Å². The summed E-state index contributed by atoms with van der Waals surface area (Å²) in [7, 11) is 0. The molecule has 0 fully saturated rings. The zero-order chi connectivity index (χ0) is 15.0. The number of ether oxygens (including phenoxy) is 2. The number of benzene rings is 1. The van der Waals surface area contributed by atoms with E-state index < -0.39 is 5.97 Å². The summed E-state index contributed by atoms with van der Waals surface area (Å²) in [5.74, 6) is -0.110. The van der Waals surface area contributed by atoms with Gasteiger partial charge >= 0.3 is 5.97 Å². The molecule has 4 nitrogen and oxygen atoms in total. The standard InChI is InChI=1S/C15H22ClNO3/c1-3-5-6-7-8-20-14-12(15(18)19-4-2)9-11(17)10-13(14)16/h9-10H,3-8,17H2,1-2H3. The number of unbranched alkanes of at least 4 members (excludes halogenated alkanes) is 3. The van der Waals surface area contributed by atoms with E-state index in [1.165, 1.54) is 12.5 Å². The average molecular weight is 300 g/mol. The Balaban J connectivity index is 2.79. The SMILES string of the molecule is CCCCCCOc1c(Cl)cc(N)cc1C(=O)OCC. The summed E-state index contributed by atoms with van der Waals surface area (Å²) in [6.07, 6.45) is 4.36. The molecule has 0 unspecified atom stereocenters. The Kier molecular flexibility index (Phi) is 7.23. The molecule has 20 heavy (non-hydrogen) atoms. The Morgan fingerprint density at radius 2 is 2.00 bits per heavy atom. The lowest BCUT2D eigenvalue weighted by molar-refractivity contribution is 0.0521. The highest BCUT2D eigenvalue weighted by atomic mass is 35.5. The van der Waals surface area contributed by atoms with Crippen LogP contribution in [-0.4, -0.2) is 19.2 Å². The molecule has 0 saturated carbocycles. The van der Waals surface area contributed by atoms with Crippen molar-refractivity contribution in [3.05, 3.63) is 22.7 Å². The van der Waals surface area contributed by atoms with Gasteiger partial charge in [0.25, 0.3) is 0 Å². The summed E-state index contributed by atoms with van der Waals surface area (Å²) in [6, 6.07) is 3.11. The number of rotatable bonds is 8. The van der Waals surface area contributed by atoms with Crippen LogP contribution >= 0.6 is 11.6 Å². The Hall–Kier alpha value is -1.42. The number of carbonyl (C=O) groups is 1. The molecule has 0 atom stereocenters. The van der Waals surface area contributed by atoms with E-state index in [0.717, 1.165) is 19.3 Å². The van der Waals surface area contributed by atoms with Crippen LogP contribution in [0.5, 0.6) is 5.75 Å². The van der Waals surface area contributed by atoms with E-state index >= 15 is 0 Å². The highest BCUT2D eigenvalue weighted by Gasteiger charge is 2.18. The minimum absolute atomic E-state index is 0.285. The molecule has 0 bridgehead atoms. The van der Waals surface area contributed by atoms with Gasteiger partial charge in [0.15, 0.2) is 5.75 Å².